The van der Waals surface area contributed by atoms with Gasteiger partial charge in [0.2, 0.25) is 0 Å². The van der Waals surface area contributed by atoms with Crippen molar-refractivity contribution in [1.29, 1.82) is 0 Å². The second-order valence-electron chi connectivity index (χ2n) is 4.27. The maximum absolute atomic E-state index is 12.0. The second-order valence-corrected chi connectivity index (χ2v) is 4.27. The average Bonchev–Trinajstić information content (AvgIpc) is 2.44. The Kier molecular flexibility index (Phi) is 4.14. The van der Waals surface area contributed by atoms with E-state index in [1.807, 2.05) is 30.3 Å². The van der Waals surface area contributed by atoms with Gasteiger partial charge in [0, 0.05) is 19.3 Å². The number of hydrazone groups is 1. The summed E-state index contributed by atoms with van der Waals surface area (Å²) in [6.07, 6.45) is 1.58. The summed E-state index contributed by atoms with van der Waals surface area (Å²) in [7, 11) is 1.66. The van der Waals surface area contributed by atoms with Crippen LogP contribution < -0.4 is 16.3 Å². The van der Waals surface area contributed by atoms with Crippen molar-refractivity contribution in [1.82, 2.24) is 9.55 Å². The molecule has 0 saturated carbocycles. The Morgan fingerprint density at radius 1 is 1.30 bits per heavy atom. The van der Waals surface area contributed by atoms with Gasteiger partial charge in [-0.2, -0.15) is 5.10 Å². The minimum atomic E-state index is -0.450. The van der Waals surface area contributed by atoms with Gasteiger partial charge in [-0.05, 0) is 12.5 Å². The number of rotatable bonds is 4. The molecule has 1 aromatic heterocycles. The first-order chi connectivity index (χ1) is 9.61. The Bertz CT molecular complexity index is 685. The van der Waals surface area contributed by atoms with Crippen molar-refractivity contribution < 1.29 is 0 Å². The maximum Gasteiger partial charge on any atom is 0.330 e. The summed E-state index contributed by atoms with van der Waals surface area (Å²) in [5.41, 5.74) is 0.0908. The van der Waals surface area contributed by atoms with E-state index in [4.69, 9.17) is 0 Å². The fourth-order valence-corrected chi connectivity index (χ4v) is 1.83. The number of benzene rings is 1. The first-order valence-electron chi connectivity index (χ1n) is 6.22. The van der Waals surface area contributed by atoms with Crippen LogP contribution in [0.4, 0.5) is 5.82 Å². The molecule has 104 valence electrons. The molecule has 6 nitrogen and oxygen atoms in total. The third-order valence-corrected chi connectivity index (χ3v) is 2.83. The molecule has 2 rings (SSSR count). The lowest BCUT2D eigenvalue weighted by molar-refractivity contribution is 0.695. The molecule has 0 amide bonds. The lowest BCUT2D eigenvalue weighted by Crippen LogP contribution is -2.36. The van der Waals surface area contributed by atoms with Crippen LogP contribution in [-0.2, 0) is 6.54 Å². The summed E-state index contributed by atoms with van der Waals surface area (Å²) in [6, 6.07) is 10.7. The largest absolute Gasteiger partial charge is 0.330 e. The zero-order chi connectivity index (χ0) is 14.5. The van der Waals surface area contributed by atoms with Gasteiger partial charge >= 0.3 is 5.69 Å². The second kappa shape index (κ2) is 6.01. The molecular weight excluding hydrogens is 256 g/mol. The molecule has 20 heavy (non-hydrogen) atoms. The normalized spacial score (nSPS) is 10.9. The van der Waals surface area contributed by atoms with Crippen LogP contribution >= 0.6 is 0 Å². The highest BCUT2D eigenvalue weighted by atomic mass is 16.2. The quantitative estimate of drug-likeness (QED) is 0.667. The minimum absolute atomic E-state index is 0.246. The number of nitrogens with one attached hydrogen (secondary N) is 1. The van der Waals surface area contributed by atoms with E-state index in [9.17, 15) is 9.59 Å². The maximum atomic E-state index is 12.0. The zero-order valence-electron chi connectivity index (χ0n) is 11.4. The van der Waals surface area contributed by atoms with Crippen LogP contribution in [0.25, 0.3) is 0 Å². The molecular formula is C14H16N4O2. The van der Waals surface area contributed by atoms with Crippen LogP contribution in [0.2, 0.25) is 0 Å². The lowest BCUT2D eigenvalue weighted by atomic mass is 10.2. The van der Waals surface area contributed by atoms with Gasteiger partial charge in [0.15, 0.2) is 0 Å². The Hall–Kier alpha value is -2.63. The summed E-state index contributed by atoms with van der Waals surface area (Å²) in [5.74, 6) is 0.363. The van der Waals surface area contributed by atoms with Gasteiger partial charge in [-0.25, -0.2) is 4.79 Å². The van der Waals surface area contributed by atoms with Gasteiger partial charge in [0.05, 0.1) is 6.54 Å². The van der Waals surface area contributed by atoms with Crippen molar-refractivity contribution in [2.75, 3.05) is 12.1 Å². The molecule has 0 aliphatic heterocycles. The van der Waals surface area contributed by atoms with Crippen molar-refractivity contribution in [3.05, 3.63) is 62.8 Å². The van der Waals surface area contributed by atoms with Crippen molar-refractivity contribution >= 4 is 12.0 Å². The smallest absolute Gasteiger partial charge is 0.292 e. The first-order valence-corrected chi connectivity index (χ1v) is 6.22. The van der Waals surface area contributed by atoms with Crippen molar-refractivity contribution in [2.24, 2.45) is 5.10 Å². The van der Waals surface area contributed by atoms with E-state index in [0.717, 1.165) is 10.1 Å². The number of hydrogen-bond acceptors (Lipinski definition) is 4. The summed E-state index contributed by atoms with van der Waals surface area (Å²) >= 11 is 0. The van der Waals surface area contributed by atoms with E-state index in [1.165, 1.54) is 11.1 Å². The predicted molar refractivity (Wildman–Crippen MR) is 79.4 cm³/mol. The predicted octanol–water partition coefficient (Wildman–Crippen LogP) is 1.03. The molecule has 0 bridgehead atoms. The number of anilines is 1. The summed E-state index contributed by atoms with van der Waals surface area (Å²) in [6.45, 7) is 2.00. The van der Waals surface area contributed by atoms with Crippen LogP contribution in [0.5, 0.6) is 0 Å². The fourth-order valence-electron chi connectivity index (χ4n) is 1.83. The third kappa shape index (κ3) is 3.03. The molecule has 0 saturated heterocycles. The topological polar surface area (TPSA) is 70.5 Å². The third-order valence-electron chi connectivity index (χ3n) is 2.83. The molecule has 1 N–H and O–H groups in total. The molecule has 0 spiro atoms. The molecule has 0 atom stereocenters. The Labute approximate surface area is 116 Å². The van der Waals surface area contributed by atoms with Gasteiger partial charge in [0.1, 0.15) is 5.82 Å². The van der Waals surface area contributed by atoms with Crippen LogP contribution in [0.15, 0.2) is 51.1 Å². The van der Waals surface area contributed by atoms with Crippen LogP contribution in [-0.4, -0.2) is 22.8 Å². The Morgan fingerprint density at radius 3 is 2.60 bits per heavy atom. The molecule has 0 aliphatic rings. The number of H-pyrrole nitrogens is 1. The number of aromatic nitrogens is 2. The van der Waals surface area contributed by atoms with E-state index in [0.29, 0.717) is 5.82 Å². The SMILES string of the molecule is CC=NN(C)c1cc(=O)n(Cc2ccccc2)c(=O)[nH]1. The van der Waals surface area contributed by atoms with Gasteiger partial charge in [-0.15, -0.1) is 0 Å². The summed E-state index contributed by atoms with van der Waals surface area (Å²) < 4.78 is 1.16. The minimum Gasteiger partial charge on any atom is -0.292 e. The average molecular weight is 272 g/mol. The fraction of sp³-hybridized carbons (Fsp3) is 0.214. The number of nitrogens with zero attached hydrogens (tertiary/aromatic N) is 3. The lowest BCUT2D eigenvalue weighted by Gasteiger charge is -2.12. The Balaban J connectivity index is 2.37. The van der Waals surface area contributed by atoms with Crippen molar-refractivity contribution in [2.45, 2.75) is 13.5 Å². The number of hydrogen-bond donors (Lipinski definition) is 1. The number of aromatic amines is 1. The highest BCUT2D eigenvalue weighted by Crippen LogP contribution is 2.03. The molecule has 1 aromatic carbocycles. The van der Waals surface area contributed by atoms with Crippen LogP contribution in [0, 0.1) is 0 Å². The highest BCUT2D eigenvalue weighted by molar-refractivity contribution is 5.55. The molecule has 6 heteroatoms. The van der Waals surface area contributed by atoms with E-state index < -0.39 is 5.69 Å². The molecule has 0 unspecified atom stereocenters. The summed E-state index contributed by atoms with van der Waals surface area (Å²) in [5, 5.41) is 5.42. The van der Waals surface area contributed by atoms with E-state index in [-0.39, 0.29) is 12.1 Å². The standard InChI is InChI=1S/C14H16N4O2/c1-3-15-17(2)12-9-13(19)18(14(20)16-12)10-11-7-5-4-6-8-11/h3-9H,10H2,1-2H3,(H,16,20). The molecule has 0 fully saturated rings. The molecule has 0 radical (unpaired) electrons. The molecule has 2 aromatic rings. The first kappa shape index (κ1) is 13.8. The van der Waals surface area contributed by atoms with Crippen LogP contribution in [0.3, 0.4) is 0 Å². The highest BCUT2D eigenvalue weighted by Gasteiger charge is 2.07. The van der Waals surface area contributed by atoms with Gasteiger partial charge in [-0.3, -0.25) is 19.4 Å². The van der Waals surface area contributed by atoms with Gasteiger partial charge in [-0.1, -0.05) is 30.3 Å². The molecule has 1 heterocycles. The van der Waals surface area contributed by atoms with Crippen molar-refractivity contribution in [3.63, 3.8) is 0 Å². The van der Waals surface area contributed by atoms with E-state index in [2.05, 4.69) is 10.1 Å². The zero-order valence-corrected chi connectivity index (χ0v) is 11.4. The summed E-state index contributed by atoms with van der Waals surface area (Å²) in [4.78, 5) is 26.7. The monoisotopic (exact) mass is 272 g/mol. The molecule has 0 aliphatic carbocycles. The van der Waals surface area contributed by atoms with Gasteiger partial charge < -0.3 is 0 Å². The van der Waals surface area contributed by atoms with E-state index >= 15 is 0 Å². The van der Waals surface area contributed by atoms with Crippen molar-refractivity contribution in [3.8, 4) is 0 Å². The van der Waals surface area contributed by atoms with E-state index in [1.54, 1.807) is 20.2 Å². The van der Waals surface area contributed by atoms with Gasteiger partial charge in [0.25, 0.3) is 5.56 Å². The Morgan fingerprint density at radius 2 is 2.00 bits per heavy atom. The van der Waals surface area contributed by atoms with Crippen LogP contribution in [0.1, 0.15) is 12.5 Å².